The zero-order chi connectivity index (χ0) is 15.1. The summed E-state index contributed by atoms with van der Waals surface area (Å²) in [5.74, 6) is 0. The molecule has 21 heavy (non-hydrogen) atoms. The molecule has 0 bridgehead atoms. The summed E-state index contributed by atoms with van der Waals surface area (Å²) in [6.45, 7) is 7.25. The van der Waals surface area contributed by atoms with Gasteiger partial charge in [-0.05, 0) is 57.2 Å². The molecule has 0 amide bonds. The third kappa shape index (κ3) is 4.22. The molecule has 1 aliphatic heterocycles. The van der Waals surface area contributed by atoms with Gasteiger partial charge in [0.1, 0.15) is 5.54 Å². The molecule has 0 fully saturated rings. The van der Waals surface area contributed by atoms with Crippen molar-refractivity contribution in [2.75, 3.05) is 24.5 Å². The van der Waals surface area contributed by atoms with Crippen LogP contribution in [-0.2, 0) is 6.42 Å². The Morgan fingerprint density at radius 1 is 1.38 bits per heavy atom. The van der Waals surface area contributed by atoms with E-state index in [0.717, 1.165) is 38.9 Å². The van der Waals surface area contributed by atoms with Crippen molar-refractivity contribution in [1.29, 1.82) is 5.26 Å². The van der Waals surface area contributed by atoms with E-state index in [1.54, 1.807) is 0 Å². The van der Waals surface area contributed by atoms with Crippen LogP contribution in [0.1, 0.15) is 45.1 Å². The molecule has 0 radical (unpaired) electrons. The average molecular weight is 285 g/mol. The summed E-state index contributed by atoms with van der Waals surface area (Å²) in [5, 5.41) is 12.8. The zero-order valence-electron chi connectivity index (χ0n) is 13.4. The normalized spacial score (nSPS) is 16.9. The maximum atomic E-state index is 9.38. The second kappa shape index (κ2) is 7.47. The lowest BCUT2D eigenvalue weighted by atomic mass is 9.96. The summed E-state index contributed by atoms with van der Waals surface area (Å²) in [5.41, 5.74) is 2.48. The predicted molar refractivity (Wildman–Crippen MR) is 88.5 cm³/mol. The van der Waals surface area contributed by atoms with Crippen LogP contribution in [0.15, 0.2) is 24.3 Å². The molecule has 1 N–H and O–H groups in total. The van der Waals surface area contributed by atoms with Crippen LogP contribution >= 0.6 is 0 Å². The molecule has 0 saturated carbocycles. The van der Waals surface area contributed by atoms with E-state index < -0.39 is 0 Å². The highest BCUT2D eigenvalue weighted by Gasteiger charge is 2.23. The minimum absolute atomic E-state index is 0.384. The number of rotatable bonds is 7. The monoisotopic (exact) mass is 285 g/mol. The first-order chi connectivity index (χ1) is 10.2. The Morgan fingerprint density at radius 2 is 2.19 bits per heavy atom. The summed E-state index contributed by atoms with van der Waals surface area (Å²) >= 11 is 0. The number of anilines is 1. The number of benzene rings is 1. The highest BCUT2D eigenvalue weighted by molar-refractivity contribution is 5.55. The fourth-order valence-electron chi connectivity index (χ4n) is 3.05. The SMILES string of the molecule is CCCNC(C)(C#N)CCCN1CCCc2ccccc21. The molecule has 1 aliphatic rings. The van der Waals surface area contributed by atoms with Crippen molar-refractivity contribution >= 4 is 5.69 Å². The van der Waals surface area contributed by atoms with Gasteiger partial charge >= 0.3 is 0 Å². The van der Waals surface area contributed by atoms with E-state index in [-0.39, 0.29) is 5.54 Å². The van der Waals surface area contributed by atoms with Crippen LogP contribution < -0.4 is 10.2 Å². The average Bonchev–Trinajstić information content (AvgIpc) is 2.53. The fraction of sp³-hybridized carbons (Fsp3) is 0.611. The molecule has 3 heteroatoms. The first-order valence-corrected chi connectivity index (χ1v) is 8.17. The summed E-state index contributed by atoms with van der Waals surface area (Å²) in [6.07, 6.45) is 5.45. The first-order valence-electron chi connectivity index (χ1n) is 8.17. The number of aryl methyl sites for hydroxylation is 1. The summed E-state index contributed by atoms with van der Waals surface area (Å²) in [7, 11) is 0. The summed E-state index contributed by atoms with van der Waals surface area (Å²) in [6, 6.07) is 11.2. The molecule has 1 aromatic rings. The smallest absolute Gasteiger partial charge is 0.103 e. The minimum atomic E-state index is -0.384. The molecule has 114 valence electrons. The van der Waals surface area contributed by atoms with Gasteiger partial charge in [-0.2, -0.15) is 5.26 Å². The fourth-order valence-corrected chi connectivity index (χ4v) is 3.05. The molecule has 1 unspecified atom stereocenters. The van der Waals surface area contributed by atoms with Crippen molar-refractivity contribution in [3.05, 3.63) is 29.8 Å². The summed E-state index contributed by atoms with van der Waals surface area (Å²) in [4.78, 5) is 2.48. The Labute approximate surface area is 129 Å². The molecule has 1 heterocycles. The van der Waals surface area contributed by atoms with Crippen LogP contribution in [0.3, 0.4) is 0 Å². The number of fused-ring (bicyclic) bond motifs is 1. The van der Waals surface area contributed by atoms with E-state index in [1.165, 1.54) is 24.1 Å². The maximum Gasteiger partial charge on any atom is 0.103 e. The number of hydrogen-bond acceptors (Lipinski definition) is 3. The van der Waals surface area contributed by atoms with Gasteiger partial charge in [0.2, 0.25) is 0 Å². The second-order valence-electron chi connectivity index (χ2n) is 6.19. The van der Waals surface area contributed by atoms with Crippen molar-refractivity contribution in [3.8, 4) is 6.07 Å². The lowest BCUT2D eigenvalue weighted by Gasteiger charge is -2.32. The predicted octanol–water partition coefficient (Wildman–Crippen LogP) is 3.50. The van der Waals surface area contributed by atoms with Gasteiger partial charge in [-0.25, -0.2) is 0 Å². The van der Waals surface area contributed by atoms with E-state index in [0.29, 0.717) is 0 Å². The van der Waals surface area contributed by atoms with Crippen LogP contribution in [0.5, 0.6) is 0 Å². The zero-order valence-corrected chi connectivity index (χ0v) is 13.4. The summed E-state index contributed by atoms with van der Waals surface area (Å²) < 4.78 is 0. The standard InChI is InChI=1S/C18H27N3/c1-3-12-20-18(2,15-19)11-7-14-21-13-6-9-16-8-4-5-10-17(16)21/h4-5,8,10,20H,3,6-7,9,11-14H2,1-2H3. The van der Waals surface area contributed by atoms with Gasteiger partial charge in [0, 0.05) is 18.8 Å². The Morgan fingerprint density at radius 3 is 2.95 bits per heavy atom. The lowest BCUT2D eigenvalue weighted by molar-refractivity contribution is 0.406. The second-order valence-corrected chi connectivity index (χ2v) is 6.19. The van der Waals surface area contributed by atoms with Gasteiger partial charge in [0.15, 0.2) is 0 Å². The van der Waals surface area contributed by atoms with E-state index in [2.05, 4.69) is 47.5 Å². The number of hydrogen-bond donors (Lipinski definition) is 1. The topological polar surface area (TPSA) is 39.1 Å². The van der Waals surface area contributed by atoms with E-state index >= 15 is 0 Å². The third-order valence-electron chi connectivity index (χ3n) is 4.32. The molecule has 0 spiro atoms. The molecule has 0 saturated heterocycles. The van der Waals surface area contributed by atoms with E-state index in [4.69, 9.17) is 0 Å². The van der Waals surface area contributed by atoms with Crippen LogP contribution in [0.25, 0.3) is 0 Å². The van der Waals surface area contributed by atoms with Crippen molar-refractivity contribution in [2.24, 2.45) is 0 Å². The van der Waals surface area contributed by atoms with Gasteiger partial charge in [0.05, 0.1) is 6.07 Å². The number of nitrogens with one attached hydrogen (secondary N) is 1. The third-order valence-corrected chi connectivity index (χ3v) is 4.32. The van der Waals surface area contributed by atoms with Crippen molar-refractivity contribution in [3.63, 3.8) is 0 Å². The van der Waals surface area contributed by atoms with Gasteiger partial charge in [-0.15, -0.1) is 0 Å². The highest BCUT2D eigenvalue weighted by atomic mass is 15.1. The minimum Gasteiger partial charge on any atom is -0.371 e. The van der Waals surface area contributed by atoms with Gasteiger partial charge in [-0.1, -0.05) is 25.1 Å². The number of para-hydroxylation sites is 1. The Kier molecular flexibility index (Phi) is 5.64. The Balaban J connectivity index is 1.88. The van der Waals surface area contributed by atoms with Crippen molar-refractivity contribution < 1.29 is 0 Å². The van der Waals surface area contributed by atoms with E-state index in [1.807, 2.05) is 6.92 Å². The first kappa shape index (κ1) is 15.9. The van der Waals surface area contributed by atoms with Crippen LogP contribution in [0.2, 0.25) is 0 Å². The Hall–Kier alpha value is -1.53. The van der Waals surface area contributed by atoms with Crippen LogP contribution in [-0.4, -0.2) is 25.2 Å². The number of nitrogens with zero attached hydrogens (tertiary/aromatic N) is 2. The van der Waals surface area contributed by atoms with Gasteiger partial charge in [0.25, 0.3) is 0 Å². The molecule has 2 rings (SSSR count). The largest absolute Gasteiger partial charge is 0.371 e. The molecule has 3 nitrogen and oxygen atoms in total. The van der Waals surface area contributed by atoms with Gasteiger partial charge in [-0.3, -0.25) is 5.32 Å². The van der Waals surface area contributed by atoms with Crippen molar-refractivity contribution in [1.82, 2.24) is 5.32 Å². The quantitative estimate of drug-likeness (QED) is 0.833. The Bertz CT molecular complexity index is 491. The lowest BCUT2D eigenvalue weighted by Crippen LogP contribution is -2.42. The van der Waals surface area contributed by atoms with Crippen molar-refractivity contribution in [2.45, 2.75) is 51.5 Å². The number of nitriles is 1. The molecule has 0 aliphatic carbocycles. The molecular formula is C18H27N3. The van der Waals surface area contributed by atoms with Crippen LogP contribution in [0, 0.1) is 11.3 Å². The van der Waals surface area contributed by atoms with Gasteiger partial charge < -0.3 is 4.90 Å². The van der Waals surface area contributed by atoms with Crippen LogP contribution in [0.4, 0.5) is 5.69 Å². The molecule has 1 aromatic carbocycles. The highest BCUT2D eigenvalue weighted by Crippen LogP contribution is 2.27. The maximum absolute atomic E-state index is 9.38. The molecular weight excluding hydrogens is 258 g/mol. The molecule has 1 atom stereocenters. The van der Waals surface area contributed by atoms with E-state index in [9.17, 15) is 5.26 Å². The molecule has 0 aromatic heterocycles.